The Morgan fingerprint density at radius 3 is 1.67 bits per heavy atom. The second-order valence-electron chi connectivity index (χ2n) is 15.8. The highest BCUT2D eigenvalue weighted by molar-refractivity contribution is 5.98. The van der Waals surface area contributed by atoms with Crippen LogP contribution in [0.4, 0.5) is 0 Å². The molecule has 4 rings (SSSR count). The quantitative estimate of drug-likeness (QED) is 0.142. The molecular weight excluding hydrogens is 780 g/mol. The van der Waals surface area contributed by atoms with E-state index in [1.807, 2.05) is 0 Å². The first-order valence-corrected chi connectivity index (χ1v) is 20.0. The van der Waals surface area contributed by atoms with Crippen LogP contribution in [-0.2, 0) is 51.2 Å². The molecule has 2 fully saturated rings. The molecule has 0 aliphatic carbocycles. The molecule has 2 aromatic carbocycles. The van der Waals surface area contributed by atoms with Crippen molar-refractivity contribution in [2.45, 2.75) is 96.1 Å². The summed E-state index contributed by atoms with van der Waals surface area (Å²) in [7, 11) is 0. The van der Waals surface area contributed by atoms with Crippen molar-refractivity contribution in [1.29, 1.82) is 0 Å². The summed E-state index contributed by atoms with van der Waals surface area (Å²) in [5.74, 6) is -6.82. The standard InChI is InChI=1S/C41H56N8O11/c1-22(2)16-28-36(55)47-31(21-50)38(57)44-29(17-24-7-11-26(51)12-8-24)37(56)46-30(18-25-9-13-27(52)14-10-25)41(60)49-15-5-6-32(49)39(58)43-19-33(53)42-20-34(54)48-35(23(3)4)40(59)45-28/h7-14,22-23,28-32,35,50-52H,5-6,15-21H2,1-4H3,(H,42,53)(H,43,58)(H,44,57)(H,45,59)(H,46,56)(H,47,55)(H,48,54). The Morgan fingerprint density at radius 1 is 0.600 bits per heavy atom. The van der Waals surface area contributed by atoms with Crippen molar-refractivity contribution in [3.8, 4) is 11.5 Å². The average molecular weight is 837 g/mol. The van der Waals surface area contributed by atoms with Gasteiger partial charge in [-0.3, -0.25) is 38.4 Å². The van der Waals surface area contributed by atoms with Crippen LogP contribution in [-0.4, -0.2) is 130 Å². The highest BCUT2D eigenvalue weighted by Gasteiger charge is 2.39. The van der Waals surface area contributed by atoms with Crippen LogP contribution in [0.1, 0.15) is 58.1 Å². The third-order valence-electron chi connectivity index (χ3n) is 10.1. The van der Waals surface area contributed by atoms with Gasteiger partial charge in [0.1, 0.15) is 47.8 Å². The third kappa shape index (κ3) is 13.4. The zero-order valence-electron chi connectivity index (χ0n) is 34.2. The van der Waals surface area contributed by atoms with Crippen molar-refractivity contribution in [3.05, 3.63) is 59.7 Å². The van der Waals surface area contributed by atoms with Crippen molar-refractivity contribution < 1.29 is 53.7 Å². The van der Waals surface area contributed by atoms with E-state index in [-0.39, 0.29) is 49.6 Å². The first-order chi connectivity index (χ1) is 28.4. The maximum atomic E-state index is 14.3. The fraction of sp³-hybridized carbons (Fsp3) is 0.512. The Balaban J connectivity index is 1.73. The smallest absolute Gasteiger partial charge is 0.246 e. The van der Waals surface area contributed by atoms with Crippen molar-refractivity contribution >= 4 is 47.3 Å². The van der Waals surface area contributed by atoms with Gasteiger partial charge in [0.15, 0.2) is 0 Å². The Bertz CT molecular complexity index is 1870. The van der Waals surface area contributed by atoms with E-state index in [1.54, 1.807) is 39.8 Å². The van der Waals surface area contributed by atoms with Crippen LogP contribution in [0.15, 0.2) is 48.5 Å². The molecule has 2 aliphatic rings. The molecule has 19 heteroatoms. The number of amides is 8. The van der Waals surface area contributed by atoms with Gasteiger partial charge in [-0.2, -0.15) is 0 Å². The van der Waals surface area contributed by atoms with Crippen molar-refractivity contribution in [2.24, 2.45) is 11.8 Å². The molecule has 0 bridgehead atoms. The summed E-state index contributed by atoms with van der Waals surface area (Å²) in [4.78, 5) is 110. The van der Waals surface area contributed by atoms with Crippen LogP contribution >= 0.6 is 0 Å². The van der Waals surface area contributed by atoms with E-state index < -0.39 is 109 Å². The number of phenols is 2. The predicted octanol–water partition coefficient (Wildman–Crippen LogP) is -1.76. The number of hydrogen-bond acceptors (Lipinski definition) is 11. The number of aromatic hydroxyl groups is 2. The molecule has 0 radical (unpaired) electrons. The maximum Gasteiger partial charge on any atom is 0.246 e. The lowest BCUT2D eigenvalue weighted by atomic mass is 9.99. The van der Waals surface area contributed by atoms with Crippen LogP contribution in [0.2, 0.25) is 0 Å². The number of aliphatic hydroxyl groups is 1. The largest absolute Gasteiger partial charge is 0.508 e. The summed E-state index contributed by atoms with van der Waals surface area (Å²) >= 11 is 0. The van der Waals surface area contributed by atoms with E-state index in [4.69, 9.17) is 0 Å². The lowest BCUT2D eigenvalue weighted by molar-refractivity contribution is -0.142. The van der Waals surface area contributed by atoms with E-state index in [9.17, 15) is 53.7 Å². The lowest BCUT2D eigenvalue weighted by Crippen LogP contribution is -2.61. The van der Waals surface area contributed by atoms with E-state index >= 15 is 0 Å². The Morgan fingerprint density at radius 2 is 1.10 bits per heavy atom. The van der Waals surface area contributed by atoms with Crippen LogP contribution in [0.3, 0.4) is 0 Å². The Hall–Kier alpha value is -6.24. The normalized spacial score (nSPS) is 24.6. The number of nitrogens with one attached hydrogen (secondary N) is 7. The SMILES string of the molecule is CC(C)CC1NC(=O)C(C(C)C)NC(=O)CNC(=O)CNC(=O)C2CCCN2C(=O)C(Cc2ccc(O)cc2)NC(=O)C(Cc2ccc(O)cc2)NC(=O)C(CO)NC1=O. The molecule has 2 aromatic rings. The summed E-state index contributed by atoms with van der Waals surface area (Å²) in [6, 6.07) is 3.94. The topological polar surface area (TPSA) is 285 Å². The minimum absolute atomic E-state index is 0.0383. The predicted molar refractivity (Wildman–Crippen MR) is 215 cm³/mol. The van der Waals surface area contributed by atoms with Gasteiger partial charge in [-0.15, -0.1) is 0 Å². The number of aliphatic hydroxyl groups excluding tert-OH is 1. The molecule has 0 spiro atoms. The molecule has 6 unspecified atom stereocenters. The van der Waals surface area contributed by atoms with Crippen LogP contribution < -0.4 is 37.2 Å². The molecule has 19 nitrogen and oxygen atoms in total. The van der Waals surface area contributed by atoms with Crippen LogP contribution in [0.5, 0.6) is 11.5 Å². The molecule has 60 heavy (non-hydrogen) atoms. The number of nitrogens with zero attached hydrogens (tertiary/aromatic N) is 1. The fourth-order valence-electron chi connectivity index (χ4n) is 6.91. The first kappa shape index (κ1) is 46.4. The lowest BCUT2D eigenvalue weighted by Gasteiger charge is -2.30. The monoisotopic (exact) mass is 836 g/mol. The van der Waals surface area contributed by atoms with Crippen molar-refractivity contribution in [1.82, 2.24) is 42.1 Å². The van der Waals surface area contributed by atoms with Gasteiger partial charge in [0.25, 0.3) is 0 Å². The number of phenolic OH excluding ortho intramolecular Hbond substituents is 2. The third-order valence-corrected chi connectivity index (χ3v) is 10.1. The number of rotatable bonds is 8. The maximum absolute atomic E-state index is 14.3. The number of benzene rings is 2. The molecule has 8 amide bonds. The van der Waals surface area contributed by atoms with Crippen LogP contribution in [0, 0.1) is 11.8 Å². The fourth-order valence-corrected chi connectivity index (χ4v) is 6.91. The summed E-state index contributed by atoms with van der Waals surface area (Å²) in [6.45, 7) is 5.06. The molecule has 2 aliphatic heterocycles. The van der Waals surface area contributed by atoms with Gasteiger partial charge in [0.05, 0.1) is 19.7 Å². The second kappa shape index (κ2) is 21.7. The Labute approximate surface area is 347 Å². The van der Waals surface area contributed by atoms with Gasteiger partial charge in [0.2, 0.25) is 47.3 Å². The molecule has 6 atom stereocenters. The number of carbonyl (C=O) groups is 8. The number of hydrogen-bond donors (Lipinski definition) is 10. The van der Waals surface area contributed by atoms with E-state index in [2.05, 4.69) is 37.2 Å². The van der Waals surface area contributed by atoms with Gasteiger partial charge in [-0.1, -0.05) is 52.0 Å². The number of carbonyl (C=O) groups excluding carboxylic acids is 8. The zero-order chi connectivity index (χ0) is 44.1. The zero-order valence-corrected chi connectivity index (χ0v) is 34.2. The molecule has 2 heterocycles. The van der Waals surface area contributed by atoms with Gasteiger partial charge < -0.3 is 57.4 Å². The first-order valence-electron chi connectivity index (χ1n) is 20.0. The summed E-state index contributed by atoms with van der Waals surface area (Å²) in [6.07, 6.45) is 0.488. The average Bonchev–Trinajstić information content (AvgIpc) is 3.70. The minimum atomic E-state index is -1.62. The second-order valence-corrected chi connectivity index (χ2v) is 15.8. The van der Waals surface area contributed by atoms with E-state index in [0.717, 1.165) is 0 Å². The summed E-state index contributed by atoms with van der Waals surface area (Å²) in [5, 5.41) is 47.9. The van der Waals surface area contributed by atoms with Gasteiger partial charge in [0, 0.05) is 19.4 Å². The van der Waals surface area contributed by atoms with Gasteiger partial charge in [-0.25, -0.2) is 0 Å². The molecule has 326 valence electrons. The minimum Gasteiger partial charge on any atom is -0.508 e. The molecular formula is C41H56N8O11. The summed E-state index contributed by atoms with van der Waals surface area (Å²) in [5.41, 5.74) is 1.02. The van der Waals surface area contributed by atoms with E-state index in [1.165, 1.54) is 41.3 Å². The van der Waals surface area contributed by atoms with Crippen LogP contribution in [0.25, 0.3) is 0 Å². The molecule has 10 N–H and O–H groups in total. The number of fused-ring (bicyclic) bond motifs is 1. The Kier molecular flexibility index (Phi) is 16.8. The summed E-state index contributed by atoms with van der Waals surface area (Å²) < 4.78 is 0. The molecule has 2 saturated heterocycles. The molecule has 0 saturated carbocycles. The van der Waals surface area contributed by atoms with E-state index in [0.29, 0.717) is 17.5 Å². The van der Waals surface area contributed by atoms with Gasteiger partial charge in [-0.05, 0) is 66.5 Å². The van der Waals surface area contributed by atoms with Crippen molar-refractivity contribution in [2.75, 3.05) is 26.2 Å². The highest BCUT2D eigenvalue weighted by Crippen LogP contribution is 2.21. The van der Waals surface area contributed by atoms with Gasteiger partial charge >= 0.3 is 0 Å². The molecule has 0 aromatic heterocycles. The van der Waals surface area contributed by atoms with Crippen molar-refractivity contribution in [3.63, 3.8) is 0 Å². The highest BCUT2D eigenvalue weighted by atomic mass is 16.3.